The van der Waals surface area contributed by atoms with E-state index in [-0.39, 0.29) is 0 Å². The smallest absolute Gasteiger partial charge is 0.303 e. The van der Waals surface area contributed by atoms with Crippen molar-refractivity contribution in [1.29, 1.82) is 0 Å². The van der Waals surface area contributed by atoms with Crippen LogP contribution in [-0.4, -0.2) is 22.2 Å². The molecule has 0 aliphatic carbocycles. The van der Waals surface area contributed by atoms with Crippen molar-refractivity contribution < 1.29 is 19.8 Å². The summed E-state index contributed by atoms with van der Waals surface area (Å²) in [6.45, 7) is 4.51. The molecule has 0 rings (SSSR count). The van der Waals surface area contributed by atoms with E-state index in [1.165, 1.54) is 141 Å². The third-order valence-corrected chi connectivity index (χ3v) is 7.84. The van der Waals surface area contributed by atoms with Gasteiger partial charge in [-0.3, -0.25) is 9.59 Å². The highest BCUT2D eigenvalue weighted by molar-refractivity contribution is 5.66. The van der Waals surface area contributed by atoms with Crippen molar-refractivity contribution in [2.75, 3.05) is 0 Å². The van der Waals surface area contributed by atoms with E-state index in [1.54, 1.807) is 0 Å². The van der Waals surface area contributed by atoms with E-state index in [0.717, 1.165) is 38.5 Å². The van der Waals surface area contributed by atoms with E-state index in [9.17, 15) is 9.59 Å². The van der Waals surface area contributed by atoms with Gasteiger partial charge in [-0.25, -0.2) is 0 Å². The fourth-order valence-corrected chi connectivity index (χ4v) is 5.09. The van der Waals surface area contributed by atoms with Crippen molar-refractivity contribution in [3.8, 4) is 0 Å². The number of carboxylic acid groups (broad SMARTS) is 2. The standard InChI is InChI=1S/C20H40O2.C18H32O2/c1-2-3-4-5-6-7-8-9-10-11-12-13-14-15-16-17-18-19-20(21)22;1-2-3-4-5-6-7-8-9-10-11-12-13-14-15-16-17-18(19)20/h2-19H2,1H3,(H,21,22);6-7,9-10H,2-5,8,11-17H2,1H3,(H,19,20)/b;7-6-,10-9-. The second-order valence-electron chi connectivity index (χ2n) is 12.2. The molecular formula is C38H72O4. The Morgan fingerprint density at radius 1 is 0.381 bits per heavy atom. The van der Waals surface area contributed by atoms with E-state index < -0.39 is 11.9 Å². The zero-order valence-corrected chi connectivity index (χ0v) is 28.2. The molecule has 0 aliphatic heterocycles. The van der Waals surface area contributed by atoms with E-state index in [0.29, 0.717) is 12.8 Å². The highest BCUT2D eigenvalue weighted by Crippen LogP contribution is 2.14. The topological polar surface area (TPSA) is 74.6 Å². The Morgan fingerprint density at radius 2 is 0.643 bits per heavy atom. The number of aliphatic carboxylic acids is 2. The van der Waals surface area contributed by atoms with Crippen LogP contribution >= 0.6 is 0 Å². The lowest BCUT2D eigenvalue weighted by atomic mass is 10.0. The second kappa shape index (κ2) is 39.4. The van der Waals surface area contributed by atoms with Gasteiger partial charge in [0.25, 0.3) is 0 Å². The molecule has 0 aromatic heterocycles. The van der Waals surface area contributed by atoms with Crippen LogP contribution < -0.4 is 0 Å². The van der Waals surface area contributed by atoms with Gasteiger partial charge < -0.3 is 10.2 Å². The third kappa shape index (κ3) is 45.4. The van der Waals surface area contributed by atoms with Crippen LogP contribution in [0.4, 0.5) is 0 Å². The first-order chi connectivity index (χ1) is 20.5. The largest absolute Gasteiger partial charge is 0.481 e. The van der Waals surface area contributed by atoms with Gasteiger partial charge in [-0.05, 0) is 44.9 Å². The Balaban J connectivity index is 0. The van der Waals surface area contributed by atoms with Crippen molar-refractivity contribution >= 4 is 11.9 Å². The molecule has 0 heterocycles. The second-order valence-corrected chi connectivity index (χ2v) is 12.2. The van der Waals surface area contributed by atoms with Gasteiger partial charge in [0.1, 0.15) is 0 Å². The average Bonchev–Trinajstić information content (AvgIpc) is 2.97. The van der Waals surface area contributed by atoms with Crippen LogP contribution in [0.3, 0.4) is 0 Å². The van der Waals surface area contributed by atoms with E-state index in [2.05, 4.69) is 38.2 Å². The lowest BCUT2D eigenvalue weighted by molar-refractivity contribution is -0.138. The summed E-state index contributed by atoms with van der Waals surface area (Å²) >= 11 is 0. The molecule has 0 bridgehead atoms. The van der Waals surface area contributed by atoms with E-state index in [1.807, 2.05) is 0 Å². The quantitative estimate of drug-likeness (QED) is 0.0602. The van der Waals surface area contributed by atoms with Crippen molar-refractivity contribution in [3.05, 3.63) is 24.3 Å². The number of unbranched alkanes of at least 4 members (excludes halogenated alkanes) is 24. The summed E-state index contributed by atoms with van der Waals surface area (Å²) in [6, 6.07) is 0. The molecular weight excluding hydrogens is 520 g/mol. The summed E-state index contributed by atoms with van der Waals surface area (Å²) in [4.78, 5) is 20.7. The number of rotatable bonds is 32. The van der Waals surface area contributed by atoms with Crippen molar-refractivity contribution in [2.45, 2.75) is 206 Å². The van der Waals surface area contributed by atoms with Crippen LogP contribution in [-0.2, 0) is 9.59 Å². The van der Waals surface area contributed by atoms with Crippen LogP contribution in [0.2, 0.25) is 0 Å². The van der Waals surface area contributed by atoms with Gasteiger partial charge in [0, 0.05) is 12.8 Å². The molecule has 0 amide bonds. The molecule has 0 radical (unpaired) electrons. The number of hydrogen-bond donors (Lipinski definition) is 2. The van der Waals surface area contributed by atoms with Crippen LogP contribution in [0.5, 0.6) is 0 Å². The normalized spacial score (nSPS) is 11.3. The molecule has 2 N–H and O–H groups in total. The summed E-state index contributed by atoms with van der Waals surface area (Å²) in [6.07, 6.45) is 45.4. The lowest BCUT2D eigenvalue weighted by Crippen LogP contribution is -1.93. The van der Waals surface area contributed by atoms with Gasteiger partial charge in [-0.2, -0.15) is 0 Å². The third-order valence-electron chi connectivity index (χ3n) is 7.84. The molecule has 0 fully saturated rings. The average molecular weight is 593 g/mol. The van der Waals surface area contributed by atoms with Crippen LogP contribution in [0, 0.1) is 0 Å². The molecule has 0 aromatic rings. The highest BCUT2D eigenvalue weighted by Gasteiger charge is 1.98. The minimum Gasteiger partial charge on any atom is -0.481 e. The van der Waals surface area contributed by atoms with Gasteiger partial charge in [-0.1, -0.05) is 173 Å². The summed E-state index contributed by atoms with van der Waals surface area (Å²) < 4.78 is 0. The zero-order chi connectivity index (χ0) is 31.2. The maximum absolute atomic E-state index is 10.4. The number of carbonyl (C=O) groups is 2. The first-order valence-electron chi connectivity index (χ1n) is 18.3. The summed E-state index contributed by atoms with van der Waals surface area (Å²) in [5.41, 5.74) is 0. The maximum Gasteiger partial charge on any atom is 0.303 e. The Morgan fingerprint density at radius 3 is 0.976 bits per heavy atom. The minimum atomic E-state index is -0.671. The van der Waals surface area contributed by atoms with Gasteiger partial charge in [-0.15, -0.1) is 0 Å². The fraction of sp³-hybridized carbons (Fsp3) is 0.842. The zero-order valence-electron chi connectivity index (χ0n) is 28.2. The Kier molecular flexibility index (Phi) is 39.9. The molecule has 0 saturated carbocycles. The molecule has 0 unspecified atom stereocenters. The van der Waals surface area contributed by atoms with Gasteiger partial charge in [0.2, 0.25) is 0 Å². The lowest BCUT2D eigenvalue weighted by Gasteiger charge is -2.03. The predicted molar refractivity (Wildman–Crippen MR) is 183 cm³/mol. The summed E-state index contributed by atoms with van der Waals surface area (Å²) in [7, 11) is 0. The van der Waals surface area contributed by atoms with Gasteiger partial charge in [0.15, 0.2) is 0 Å². The molecule has 0 spiro atoms. The molecule has 4 heteroatoms. The molecule has 42 heavy (non-hydrogen) atoms. The molecule has 248 valence electrons. The highest BCUT2D eigenvalue weighted by atomic mass is 16.4. The summed E-state index contributed by atoms with van der Waals surface area (Å²) in [5, 5.41) is 17.0. The number of carboxylic acids is 2. The van der Waals surface area contributed by atoms with Crippen LogP contribution in [0.15, 0.2) is 24.3 Å². The van der Waals surface area contributed by atoms with E-state index in [4.69, 9.17) is 10.2 Å². The molecule has 4 nitrogen and oxygen atoms in total. The van der Waals surface area contributed by atoms with Crippen LogP contribution in [0.25, 0.3) is 0 Å². The Labute approximate surface area is 262 Å². The van der Waals surface area contributed by atoms with Crippen molar-refractivity contribution in [3.63, 3.8) is 0 Å². The van der Waals surface area contributed by atoms with Gasteiger partial charge in [0.05, 0.1) is 0 Å². The SMILES string of the molecule is CCCCC/C=C\C/C=C\CCCCCCCC(=O)O.CCCCCCCCCCCCCCCCCCCC(=O)O. The predicted octanol–water partition coefficient (Wildman–Crippen LogP) is 13.0. The summed E-state index contributed by atoms with van der Waals surface area (Å²) in [5.74, 6) is -1.32. The fourth-order valence-electron chi connectivity index (χ4n) is 5.09. The Hall–Kier alpha value is -1.58. The molecule has 0 saturated heterocycles. The molecule has 0 aliphatic rings. The maximum atomic E-state index is 10.4. The number of hydrogen-bond acceptors (Lipinski definition) is 2. The van der Waals surface area contributed by atoms with Crippen LogP contribution in [0.1, 0.15) is 206 Å². The molecule has 0 aromatic carbocycles. The van der Waals surface area contributed by atoms with Crippen molar-refractivity contribution in [1.82, 2.24) is 0 Å². The van der Waals surface area contributed by atoms with Crippen molar-refractivity contribution in [2.24, 2.45) is 0 Å². The molecule has 0 atom stereocenters. The first-order valence-corrected chi connectivity index (χ1v) is 18.3. The first kappa shape index (κ1) is 42.6. The minimum absolute atomic E-state index is 0.324. The van der Waals surface area contributed by atoms with Gasteiger partial charge >= 0.3 is 11.9 Å². The number of allylic oxidation sites excluding steroid dienone is 4. The monoisotopic (exact) mass is 593 g/mol. The van der Waals surface area contributed by atoms with E-state index >= 15 is 0 Å². The Bertz CT molecular complexity index is 596.